The molecule has 5 rings (SSSR count). The van der Waals surface area contributed by atoms with Gasteiger partial charge in [0.1, 0.15) is 0 Å². The summed E-state index contributed by atoms with van der Waals surface area (Å²) in [6.07, 6.45) is 8.39. The molecule has 3 heterocycles. The van der Waals surface area contributed by atoms with Crippen molar-refractivity contribution < 1.29 is 147 Å². The molecule has 0 spiro atoms. The Bertz CT molecular complexity index is 3390. The van der Waals surface area contributed by atoms with Gasteiger partial charge in [0.15, 0.2) is 16.8 Å². The van der Waals surface area contributed by atoms with E-state index in [1.165, 1.54) is 5.56 Å². The number of anilines is 1. The second kappa shape index (κ2) is 77.0. The third kappa shape index (κ3) is 55.6. The number of halogens is 2. The molecule has 726 valence electrons. The number of unbranched alkanes of at least 4 members (excludes halogenated alkanes) is 5. The number of fused-ring (bicyclic) bond motifs is 2. The maximum atomic E-state index is 12.9. The predicted octanol–water partition coefficient (Wildman–Crippen LogP) is 8.71. The molecule has 0 radical (unpaired) electrons. The van der Waals surface area contributed by atoms with Gasteiger partial charge in [0.2, 0.25) is 5.91 Å². The summed E-state index contributed by atoms with van der Waals surface area (Å²) >= 11 is 13.4. The van der Waals surface area contributed by atoms with Crippen molar-refractivity contribution in [1.29, 1.82) is 0 Å². The molecule has 2 aliphatic rings. The summed E-state index contributed by atoms with van der Waals surface area (Å²) < 4.78 is 143. The number of carbonyl (C=O) groups excluding carboxylic acids is 4. The smallest absolute Gasteiger partial charge is 0.333 e. The fourth-order valence-electron chi connectivity index (χ4n) is 12.0. The summed E-state index contributed by atoms with van der Waals surface area (Å²) in [5, 5.41) is 4.36. The first-order valence-corrected chi connectivity index (χ1v) is 45.9. The third-order valence-electron chi connectivity index (χ3n) is 18.8. The second-order valence-electron chi connectivity index (χ2n) is 29.8. The molecule has 37 heteroatoms. The van der Waals surface area contributed by atoms with Crippen LogP contribution in [0.25, 0.3) is 17.1 Å². The molecular weight excluding hydrogens is 1700 g/mol. The summed E-state index contributed by atoms with van der Waals surface area (Å²) in [4.78, 5) is 56.8. The monoisotopic (exact) mass is 1850 g/mol. The van der Waals surface area contributed by atoms with Gasteiger partial charge in [0.05, 0.1) is 345 Å². The first kappa shape index (κ1) is 112. The molecule has 0 atom stereocenters. The van der Waals surface area contributed by atoms with Gasteiger partial charge >= 0.3 is 5.97 Å². The zero-order valence-electron chi connectivity index (χ0n) is 76.3. The summed E-state index contributed by atoms with van der Waals surface area (Å²) in [6.45, 7) is 33.3. The van der Waals surface area contributed by atoms with E-state index in [1.807, 2.05) is 24.3 Å². The number of nitrogens with one attached hydrogen (secondary N) is 1. The number of imidazole rings is 1. The average molecular weight is 1850 g/mol. The molecule has 2 aliphatic heterocycles. The Kier molecular flexibility index (Phi) is 67.9. The lowest BCUT2D eigenvalue weighted by Crippen LogP contribution is -2.36. The topological polar surface area (TPSA) is 336 Å². The molecule has 127 heavy (non-hydrogen) atoms. The third-order valence-corrected chi connectivity index (χ3v) is 19.5. The zero-order chi connectivity index (χ0) is 90.6. The Morgan fingerprint density at radius 3 is 1.17 bits per heavy atom. The molecule has 0 unspecified atom stereocenters. The summed E-state index contributed by atoms with van der Waals surface area (Å²) in [6, 6.07) is 10.1. The number of carbonyl (C=O) groups is 4. The van der Waals surface area contributed by atoms with Gasteiger partial charge in [-0.25, -0.2) is 13.9 Å². The molecule has 3 amide bonds. The highest BCUT2D eigenvalue weighted by Crippen LogP contribution is 2.42. The fourth-order valence-corrected chi connectivity index (χ4v) is 12.3. The van der Waals surface area contributed by atoms with Crippen molar-refractivity contribution in [3.63, 3.8) is 0 Å². The predicted molar refractivity (Wildman–Crippen MR) is 473 cm³/mol. The van der Waals surface area contributed by atoms with Gasteiger partial charge < -0.3 is 133 Å². The number of aryl methyl sites for hydroxylation is 2. The molecule has 0 bridgehead atoms. The normalized spacial score (nSPS) is 12.8. The maximum Gasteiger partial charge on any atom is 0.333 e. The lowest BCUT2D eigenvalue weighted by molar-refractivity contribution is -0.674. The van der Waals surface area contributed by atoms with Crippen LogP contribution < -0.4 is 19.5 Å². The quantitative estimate of drug-likeness (QED) is 0.0239. The van der Waals surface area contributed by atoms with Crippen LogP contribution in [0.3, 0.4) is 0 Å². The number of hydrogen-bond donors (Lipinski definition) is 1. The molecule has 35 nitrogen and oxygen atoms in total. The molecule has 2 aromatic carbocycles. The number of hydroxylamine groups is 2. The standard InChI is InChI=1S/C90H147Cl2N5O30/c1-6-7-24-96-82-74-77(90(2,3)4)19-20-83(82)126-88(96)17-14-16-85-94(80-75-78(91)79(92)76-81(80)95(85)26-13-9-11-18-89(101)127-97-86(99)21-22-87(97)100)25-12-8-10-15-84(98)93-23-27-103-30-31-105-34-35-107-38-39-109-42-43-111-46-47-113-50-51-115-54-55-117-58-59-119-62-63-121-66-67-123-70-71-125-73-72-124-69-68-122-65-64-120-61-60-118-57-56-116-53-52-114-49-48-112-45-44-110-41-40-108-37-36-106-33-32-104-29-28-102-5/h16,19-20,74-76H,6-13,15,18,21-73H2,1-5H3/p+1. The minimum atomic E-state index is -0.626. The largest absolute Gasteiger partial charge is 0.431 e. The minimum Gasteiger partial charge on any atom is -0.431 e. The first-order valence-electron chi connectivity index (χ1n) is 45.1. The van der Waals surface area contributed by atoms with Crippen molar-refractivity contribution in [2.75, 3.05) is 336 Å². The Balaban J connectivity index is 0.719. The van der Waals surface area contributed by atoms with Crippen LogP contribution in [0.2, 0.25) is 10.0 Å². The van der Waals surface area contributed by atoms with E-state index in [-0.39, 0.29) is 30.6 Å². The van der Waals surface area contributed by atoms with E-state index in [0.29, 0.717) is 383 Å². The van der Waals surface area contributed by atoms with Crippen molar-refractivity contribution in [1.82, 2.24) is 14.9 Å². The van der Waals surface area contributed by atoms with Gasteiger partial charge in [-0.05, 0) is 73.8 Å². The van der Waals surface area contributed by atoms with E-state index in [1.54, 1.807) is 7.11 Å². The Morgan fingerprint density at radius 2 is 0.795 bits per heavy atom. The number of ether oxygens (including phenoxy) is 25. The van der Waals surface area contributed by atoms with Crippen LogP contribution in [0.15, 0.2) is 47.7 Å². The van der Waals surface area contributed by atoms with Crippen LogP contribution in [0.1, 0.15) is 116 Å². The number of methoxy groups -OCH3 is 1. The SMILES string of the molecule is CCCCN1C(=C=C=Cc2n(CCCCCC(=O)ON3C(=O)CCC3=O)c3cc(Cl)c(Cl)cc3[n+]2CCCCCC(=O)NCCOCCOCCOCCOCCOCCOCCOCCOCCOCCOCCOCCOCCOCCOCCOCCOCCOCCOCCOCCOCCOCCOCCOCCOC)Oc2ccc(C(C)(C)C)cc21. The number of hydrogen-bond acceptors (Lipinski definition) is 31. The lowest BCUT2D eigenvalue weighted by Gasteiger charge is -2.21. The first-order chi connectivity index (χ1) is 62.3. The van der Waals surface area contributed by atoms with Gasteiger partial charge in [-0.1, -0.05) is 69.1 Å². The van der Waals surface area contributed by atoms with Gasteiger partial charge in [-0.15, -0.1) is 5.06 Å². The van der Waals surface area contributed by atoms with E-state index in [2.05, 4.69) is 70.6 Å². The van der Waals surface area contributed by atoms with Crippen molar-refractivity contribution in [3.05, 3.63) is 69.1 Å². The van der Waals surface area contributed by atoms with Crippen molar-refractivity contribution >= 4 is 69.7 Å². The summed E-state index contributed by atoms with van der Waals surface area (Å²) in [5.41, 5.74) is 10.6. The molecule has 1 saturated heterocycles. The highest BCUT2D eigenvalue weighted by molar-refractivity contribution is 6.42. The van der Waals surface area contributed by atoms with Crippen LogP contribution in [0.5, 0.6) is 5.75 Å². The molecule has 1 fully saturated rings. The number of rotatable bonds is 89. The number of aromatic nitrogens is 2. The summed E-state index contributed by atoms with van der Waals surface area (Å²) in [7, 11) is 1.64. The van der Waals surface area contributed by atoms with E-state index in [9.17, 15) is 19.2 Å². The van der Waals surface area contributed by atoms with Gasteiger partial charge in [0.25, 0.3) is 23.5 Å². The molecule has 3 aromatic rings. The van der Waals surface area contributed by atoms with Gasteiger partial charge in [-0.3, -0.25) is 14.4 Å². The molecule has 1 aromatic heterocycles. The van der Waals surface area contributed by atoms with Crippen LogP contribution in [-0.2, 0) is 156 Å². The molecule has 1 N–H and O–H groups in total. The van der Waals surface area contributed by atoms with Crippen molar-refractivity contribution in [3.8, 4) is 5.75 Å². The fraction of sp³-hybridized carbons (Fsp3) is 0.767. The van der Waals surface area contributed by atoms with Gasteiger partial charge in [0, 0.05) is 58.0 Å². The minimum absolute atomic E-state index is 0.0341. The molecular formula is C90H148Cl2N5O30+. The summed E-state index contributed by atoms with van der Waals surface area (Å²) in [5.74, 6) is 0.469. The molecule has 0 saturated carbocycles. The van der Waals surface area contributed by atoms with Gasteiger partial charge in [-0.2, -0.15) is 0 Å². The van der Waals surface area contributed by atoms with Crippen LogP contribution in [0.4, 0.5) is 5.69 Å². The van der Waals surface area contributed by atoms with E-state index < -0.39 is 17.8 Å². The lowest BCUT2D eigenvalue weighted by atomic mass is 9.87. The molecule has 0 aliphatic carbocycles. The number of benzene rings is 2. The Morgan fingerprint density at radius 1 is 0.441 bits per heavy atom. The number of amides is 3. The Labute approximate surface area is 761 Å². The zero-order valence-corrected chi connectivity index (χ0v) is 77.8. The van der Waals surface area contributed by atoms with E-state index in [0.717, 1.165) is 60.5 Å². The van der Waals surface area contributed by atoms with E-state index >= 15 is 0 Å². The average Bonchev–Trinajstić information content (AvgIpc) is 1.62. The van der Waals surface area contributed by atoms with Crippen LogP contribution >= 0.6 is 23.2 Å². The van der Waals surface area contributed by atoms with E-state index in [4.69, 9.17) is 146 Å². The van der Waals surface area contributed by atoms with Crippen molar-refractivity contribution in [2.45, 2.75) is 123 Å². The highest BCUT2D eigenvalue weighted by atomic mass is 35.5. The number of nitrogens with zero attached hydrogens (tertiary/aromatic N) is 4. The maximum absolute atomic E-state index is 12.9. The highest BCUT2D eigenvalue weighted by Gasteiger charge is 2.33. The Hall–Kier alpha value is -5.49. The van der Waals surface area contributed by atoms with Crippen molar-refractivity contribution in [2.24, 2.45) is 0 Å². The van der Waals surface area contributed by atoms with Crippen LogP contribution in [0, 0.1) is 0 Å². The number of imide groups is 1. The van der Waals surface area contributed by atoms with Crippen LogP contribution in [-0.4, -0.2) is 364 Å². The second-order valence-corrected chi connectivity index (χ2v) is 30.6.